The Morgan fingerprint density at radius 2 is 1.85 bits per heavy atom. The second kappa shape index (κ2) is 25.0. The molecule has 1 saturated heterocycles. The number of hydrogen-bond donors (Lipinski definition) is 2. The summed E-state index contributed by atoms with van der Waals surface area (Å²) in [6.45, 7) is 14.8. The van der Waals surface area contributed by atoms with E-state index in [1.807, 2.05) is 65.0 Å². The molecule has 0 radical (unpaired) electrons. The topological polar surface area (TPSA) is 79.7 Å². The summed E-state index contributed by atoms with van der Waals surface area (Å²) < 4.78 is 11.3. The summed E-state index contributed by atoms with van der Waals surface area (Å²) in [4.78, 5) is 12.6. The van der Waals surface area contributed by atoms with Crippen LogP contribution in [-0.4, -0.2) is 66.5 Å². The van der Waals surface area contributed by atoms with Crippen LogP contribution in [0.3, 0.4) is 0 Å². The first-order valence-corrected chi connectivity index (χ1v) is 14.9. The van der Waals surface area contributed by atoms with Crippen molar-refractivity contribution >= 4 is 17.3 Å². The fraction of sp³-hybridized carbons (Fsp3) is 0.500. The number of ether oxygens (including phenoxy) is 2. The average molecular weight is 571 g/mol. The van der Waals surface area contributed by atoms with Gasteiger partial charge in [0.2, 0.25) is 5.95 Å². The Bertz CT molecular complexity index is 1000. The highest BCUT2D eigenvalue weighted by atomic mass is 32.1. The summed E-state index contributed by atoms with van der Waals surface area (Å²) >= 11 is 1.63. The van der Waals surface area contributed by atoms with Gasteiger partial charge in [-0.15, -0.1) is 24.2 Å². The molecule has 2 N–H and O–H groups in total. The summed E-state index contributed by atoms with van der Waals surface area (Å²) in [6, 6.07) is 3.96. The zero-order valence-corrected chi connectivity index (χ0v) is 26.2. The van der Waals surface area contributed by atoms with Crippen LogP contribution in [0.25, 0.3) is 11.3 Å². The molecule has 3 heterocycles. The Hall–Kier alpha value is -2.96. The quantitative estimate of drug-likeness (QED) is 0.117. The third-order valence-electron chi connectivity index (χ3n) is 5.57. The molecule has 0 unspecified atom stereocenters. The highest BCUT2D eigenvalue weighted by Crippen LogP contribution is 2.25. The molecule has 222 valence electrons. The van der Waals surface area contributed by atoms with Crippen molar-refractivity contribution in [2.24, 2.45) is 0 Å². The average Bonchev–Trinajstić information content (AvgIpc) is 3.69. The molecule has 7 nitrogen and oxygen atoms in total. The van der Waals surface area contributed by atoms with Crippen molar-refractivity contribution in [3.8, 4) is 24.1 Å². The fourth-order valence-electron chi connectivity index (χ4n) is 3.49. The molecule has 2 aromatic rings. The molecule has 40 heavy (non-hydrogen) atoms. The SMILES string of the molecule is C#C.C/C=C/C.CC.COCC/C(=C\C=C(/C)Nc1nccc(-c2csc(CCO)c2)n1)OCCN1CCCC1. The van der Waals surface area contributed by atoms with Crippen molar-refractivity contribution in [3.05, 3.63) is 64.3 Å². The lowest BCUT2D eigenvalue weighted by molar-refractivity contribution is 0.139. The second-order valence-electron chi connectivity index (χ2n) is 8.46. The zero-order chi connectivity index (χ0) is 30.0. The molecule has 0 atom stereocenters. The van der Waals surface area contributed by atoms with E-state index in [0.717, 1.165) is 40.6 Å². The molecule has 3 rings (SSSR count). The number of anilines is 1. The normalized spacial score (nSPS) is 13.4. The number of likely N-dealkylation sites (tertiary alicyclic amines) is 1. The molecule has 0 bridgehead atoms. The number of aromatic nitrogens is 2. The lowest BCUT2D eigenvalue weighted by atomic mass is 10.2. The third kappa shape index (κ3) is 16.2. The maximum absolute atomic E-state index is 9.12. The predicted molar refractivity (Wildman–Crippen MR) is 171 cm³/mol. The van der Waals surface area contributed by atoms with E-state index in [-0.39, 0.29) is 6.61 Å². The summed E-state index contributed by atoms with van der Waals surface area (Å²) in [5, 5.41) is 14.4. The van der Waals surface area contributed by atoms with Crippen molar-refractivity contribution in [2.45, 2.75) is 60.3 Å². The number of hydrogen-bond acceptors (Lipinski definition) is 8. The molecule has 1 aliphatic rings. The molecule has 0 aliphatic carbocycles. The second-order valence-corrected chi connectivity index (χ2v) is 9.45. The highest BCUT2D eigenvalue weighted by Gasteiger charge is 2.11. The fourth-order valence-corrected chi connectivity index (χ4v) is 4.36. The number of thiophene rings is 1. The van der Waals surface area contributed by atoms with Crippen molar-refractivity contribution in [1.82, 2.24) is 14.9 Å². The largest absolute Gasteiger partial charge is 0.497 e. The predicted octanol–water partition coefficient (Wildman–Crippen LogP) is 6.95. The van der Waals surface area contributed by atoms with E-state index >= 15 is 0 Å². The van der Waals surface area contributed by atoms with Crippen molar-refractivity contribution in [3.63, 3.8) is 0 Å². The van der Waals surface area contributed by atoms with Gasteiger partial charge in [0, 0.05) is 60.8 Å². The number of nitrogens with zero attached hydrogens (tertiary/aromatic N) is 3. The number of methoxy groups -OCH3 is 1. The van der Waals surface area contributed by atoms with Crippen LogP contribution >= 0.6 is 11.3 Å². The zero-order valence-electron chi connectivity index (χ0n) is 25.4. The van der Waals surface area contributed by atoms with E-state index in [9.17, 15) is 0 Å². The lowest BCUT2D eigenvalue weighted by Gasteiger charge is -2.16. The Kier molecular flexibility index (Phi) is 23.2. The minimum atomic E-state index is 0.155. The number of rotatable bonds is 13. The molecule has 2 aromatic heterocycles. The van der Waals surface area contributed by atoms with Crippen LogP contribution in [0.1, 0.15) is 58.8 Å². The van der Waals surface area contributed by atoms with Gasteiger partial charge in [0.15, 0.2) is 0 Å². The number of nitrogens with one attached hydrogen (secondary N) is 1. The van der Waals surface area contributed by atoms with Gasteiger partial charge in [-0.1, -0.05) is 26.0 Å². The number of allylic oxidation sites excluding steroid dienone is 5. The van der Waals surface area contributed by atoms with E-state index in [4.69, 9.17) is 14.6 Å². The molecule has 1 fully saturated rings. The van der Waals surface area contributed by atoms with Crippen LogP contribution < -0.4 is 5.32 Å². The summed E-state index contributed by atoms with van der Waals surface area (Å²) in [7, 11) is 1.70. The van der Waals surface area contributed by atoms with Crippen molar-refractivity contribution in [1.29, 1.82) is 0 Å². The van der Waals surface area contributed by atoms with Crippen LogP contribution in [0, 0.1) is 12.8 Å². The molecular formula is C32H50N4O3S. The van der Waals surface area contributed by atoms with Crippen LogP contribution in [0.2, 0.25) is 0 Å². The highest BCUT2D eigenvalue weighted by molar-refractivity contribution is 7.10. The van der Waals surface area contributed by atoms with E-state index in [1.165, 1.54) is 25.9 Å². The minimum absolute atomic E-state index is 0.155. The molecule has 8 heteroatoms. The Morgan fingerprint density at radius 1 is 1.15 bits per heavy atom. The molecule has 0 aromatic carbocycles. The van der Waals surface area contributed by atoms with Gasteiger partial charge in [-0.05, 0) is 71.0 Å². The van der Waals surface area contributed by atoms with Crippen LogP contribution in [0.4, 0.5) is 5.95 Å². The summed E-state index contributed by atoms with van der Waals surface area (Å²) in [5.74, 6) is 1.46. The number of terminal acetylenes is 1. The minimum Gasteiger partial charge on any atom is -0.497 e. The maximum Gasteiger partial charge on any atom is 0.227 e. The van der Waals surface area contributed by atoms with Gasteiger partial charge in [0.05, 0.1) is 18.1 Å². The van der Waals surface area contributed by atoms with Crippen LogP contribution in [0.5, 0.6) is 0 Å². The molecule has 0 saturated carbocycles. The van der Waals surface area contributed by atoms with Gasteiger partial charge in [0.1, 0.15) is 6.61 Å². The lowest BCUT2D eigenvalue weighted by Crippen LogP contribution is -2.24. The van der Waals surface area contributed by atoms with Gasteiger partial charge in [-0.25, -0.2) is 9.97 Å². The molecular weight excluding hydrogens is 520 g/mol. The smallest absolute Gasteiger partial charge is 0.227 e. The first-order valence-electron chi connectivity index (χ1n) is 14.0. The number of aliphatic hydroxyl groups is 1. The van der Waals surface area contributed by atoms with Crippen LogP contribution in [-0.2, 0) is 15.9 Å². The van der Waals surface area contributed by atoms with E-state index < -0.39 is 0 Å². The standard InChI is InChI=1S/C24H34N4O3S.C4H8.C2H6.C2H2/c1-19(5-6-21(9-15-30-2)31-16-13-28-11-3-4-12-28)26-24-25-10-7-23(27-24)20-17-22(8-14-29)32-18-20;1-3-4-2;2*1-2/h5-7,10,17-18,29H,3-4,8-9,11-16H2,1-2H3,(H,25,26,27);3-4H,1-2H3;1-2H3;1-2H/b19-5+,21-6+;4-3+;;. The van der Waals surface area contributed by atoms with Gasteiger partial charge < -0.3 is 19.9 Å². The van der Waals surface area contributed by atoms with Crippen molar-refractivity contribution in [2.75, 3.05) is 51.9 Å². The molecule has 0 amide bonds. The van der Waals surface area contributed by atoms with Gasteiger partial charge >= 0.3 is 0 Å². The molecule has 0 spiro atoms. The Balaban J connectivity index is 0.00000171. The summed E-state index contributed by atoms with van der Waals surface area (Å²) in [6.07, 6.45) is 21.7. The Labute approximate surface area is 247 Å². The van der Waals surface area contributed by atoms with Gasteiger partial charge in [-0.3, -0.25) is 4.90 Å². The maximum atomic E-state index is 9.12. The van der Waals surface area contributed by atoms with Gasteiger partial charge in [-0.2, -0.15) is 0 Å². The third-order valence-corrected chi connectivity index (χ3v) is 6.57. The van der Waals surface area contributed by atoms with Crippen molar-refractivity contribution < 1.29 is 14.6 Å². The molecule has 1 aliphatic heterocycles. The van der Waals surface area contributed by atoms with E-state index in [0.29, 0.717) is 25.6 Å². The van der Waals surface area contributed by atoms with E-state index in [1.54, 1.807) is 24.6 Å². The first-order chi connectivity index (χ1) is 19.6. The number of aliphatic hydroxyl groups excluding tert-OH is 1. The summed E-state index contributed by atoms with van der Waals surface area (Å²) in [5.41, 5.74) is 2.82. The van der Waals surface area contributed by atoms with Gasteiger partial charge in [0.25, 0.3) is 0 Å². The van der Waals surface area contributed by atoms with Crippen LogP contribution in [0.15, 0.2) is 59.5 Å². The monoisotopic (exact) mass is 570 g/mol. The first kappa shape index (κ1) is 37.0. The Morgan fingerprint density at radius 3 is 2.48 bits per heavy atom. The van der Waals surface area contributed by atoms with E-state index in [2.05, 4.69) is 44.5 Å².